The first-order chi connectivity index (χ1) is 9.22. The predicted molar refractivity (Wildman–Crippen MR) is 82.8 cm³/mol. The quantitative estimate of drug-likeness (QED) is 0.848. The lowest BCUT2D eigenvalue weighted by atomic mass is 9.80. The lowest BCUT2D eigenvalue weighted by Crippen LogP contribution is -2.43. The molecule has 0 aliphatic heterocycles. The van der Waals surface area contributed by atoms with Crippen LogP contribution in [0.5, 0.6) is 0 Å². The van der Waals surface area contributed by atoms with E-state index in [0.717, 1.165) is 5.56 Å². The van der Waals surface area contributed by atoms with E-state index in [1.165, 1.54) is 0 Å². The van der Waals surface area contributed by atoms with E-state index in [4.69, 9.17) is 11.6 Å². The molecule has 0 fully saturated rings. The van der Waals surface area contributed by atoms with E-state index >= 15 is 0 Å². The predicted octanol–water partition coefficient (Wildman–Crippen LogP) is 3.04. The highest BCUT2D eigenvalue weighted by Gasteiger charge is 2.30. The fourth-order valence-corrected chi connectivity index (χ4v) is 2.31. The highest BCUT2D eigenvalue weighted by atomic mass is 35.5. The van der Waals surface area contributed by atoms with Gasteiger partial charge in [-0.05, 0) is 23.6 Å². The molecule has 0 aromatic heterocycles. The molecule has 0 aliphatic rings. The van der Waals surface area contributed by atoms with Gasteiger partial charge in [-0.2, -0.15) is 0 Å². The molecule has 0 radical (unpaired) electrons. The third-order valence-corrected chi connectivity index (χ3v) is 3.70. The monoisotopic (exact) mass is 297 g/mol. The lowest BCUT2D eigenvalue weighted by molar-refractivity contribution is -0.121. The Hall–Kier alpha value is -1.06. The zero-order chi connectivity index (χ0) is 15.3. The van der Waals surface area contributed by atoms with Crippen molar-refractivity contribution in [2.75, 3.05) is 6.54 Å². The first-order valence-corrected chi connectivity index (χ1v) is 7.29. The largest absolute Gasteiger partial charge is 0.392 e. The van der Waals surface area contributed by atoms with Crippen LogP contribution >= 0.6 is 11.6 Å². The van der Waals surface area contributed by atoms with Crippen LogP contribution in [-0.4, -0.2) is 23.7 Å². The number of benzene rings is 1. The summed E-state index contributed by atoms with van der Waals surface area (Å²) in [6.07, 6.45) is -0.122. The van der Waals surface area contributed by atoms with E-state index in [-0.39, 0.29) is 17.2 Å². The average molecular weight is 298 g/mol. The zero-order valence-corrected chi connectivity index (χ0v) is 13.4. The summed E-state index contributed by atoms with van der Waals surface area (Å²) in [5, 5.41) is 13.7. The molecule has 1 aromatic rings. The maximum absolute atomic E-state index is 11.9. The van der Waals surface area contributed by atoms with Crippen LogP contribution in [0.4, 0.5) is 0 Å². The second kappa shape index (κ2) is 7.09. The molecular weight excluding hydrogens is 274 g/mol. The number of aliphatic hydroxyl groups is 1. The van der Waals surface area contributed by atoms with E-state index in [2.05, 4.69) is 5.32 Å². The molecule has 112 valence electrons. The van der Waals surface area contributed by atoms with Gasteiger partial charge >= 0.3 is 0 Å². The highest BCUT2D eigenvalue weighted by Crippen LogP contribution is 2.25. The molecular formula is C16H24ClNO2. The normalized spacial score (nSPS) is 13.3. The fraction of sp³-hybridized carbons (Fsp3) is 0.562. The third kappa shape index (κ3) is 5.14. The summed E-state index contributed by atoms with van der Waals surface area (Å²) in [5.74, 6) is 0.120. The summed E-state index contributed by atoms with van der Waals surface area (Å²) in [7, 11) is 0. The van der Waals surface area contributed by atoms with Crippen LogP contribution in [0.25, 0.3) is 0 Å². The third-order valence-electron chi connectivity index (χ3n) is 3.45. The van der Waals surface area contributed by atoms with Crippen molar-refractivity contribution in [1.82, 2.24) is 5.32 Å². The molecule has 0 saturated heterocycles. The molecule has 1 aromatic carbocycles. The first-order valence-electron chi connectivity index (χ1n) is 6.91. The summed E-state index contributed by atoms with van der Waals surface area (Å²) in [4.78, 5) is 11.9. The van der Waals surface area contributed by atoms with Crippen molar-refractivity contribution in [2.24, 2.45) is 11.3 Å². The van der Waals surface area contributed by atoms with E-state index in [0.29, 0.717) is 18.0 Å². The van der Waals surface area contributed by atoms with Crippen LogP contribution in [0.2, 0.25) is 5.02 Å². The van der Waals surface area contributed by atoms with Crippen molar-refractivity contribution >= 4 is 17.5 Å². The van der Waals surface area contributed by atoms with Crippen molar-refractivity contribution in [3.8, 4) is 0 Å². The Balaban J connectivity index is 2.49. The molecule has 3 nitrogen and oxygen atoms in total. The average Bonchev–Trinajstić information content (AvgIpc) is 2.38. The molecule has 0 saturated carbocycles. The van der Waals surface area contributed by atoms with Gasteiger partial charge in [0.1, 0.15) is 0 Å². The summed E-state index contributed by atoms with van der Waals surface area (Å²) in [6, 6.07) is 7.24. The van der Waals surface area contributed by atoms with E-state index in [9.17, 15) is 9.90 Å². The van der Waals surface area contributed by atoms with Crippen LogP contribution in [0.3, 0.4) is 0 Å². The minimum Gasteiger partial charge on any atom is -0.392 e. The van der Waals surface area contributed by atoms with Gasteiger partial charge in [0.15, 0.2) is 0 Å². The topological polar surface area (TPSA) is 49.3 Å². The summed E-state index contributed by atoms with van der Waals surface area (Å²) in [6.45, 7) is 8.32. The van der Waals surface area contributed by atoms with Crippen molar-refractivity contribution in [2.45, 2.75) is 40.2 Å². The standard InChI is InChI=1S/C16H24ClNO2/c1-11(2)15(20)16(3,4)10-18-14(19)9-12-5-7-13(17)8-6-12/h5-8,11,15,20H,9-10H2,1-4H3,(H,18,19). The number of aliphatic hydroxyl groups excluding tert-OH is 1. The maximum atomic E-state index is 11.9. The van der Waals surface area contributed by atoms with Crippen molar-refractivity contribution in [1.29, 1.82) is 0 Å². The summed E-state index contributed by atoms with van der Waals surface area (Å²) in [5.41, 5.74) is 0.582. The number of rotatable bonds is 6. The number of hydrogen-bond acceptors (Lipinski definition) is 2. The minimum atomic E-state index is -0.446. The van der Waals surface area contributed by atoms with E-state index < -0.39 is 6.10 Å². The molecule has 0 bridgehead atoms. The van der Waals surface area contributed by atoms with Crippen LogP contribution in [-0.2, 0) is 11.2 Å². The van der Waals surface area contributed by atoms with Crippen LogP contribution in [0.1, 0.15) is 33.3 Å². The highest BCUT2D eigenvalue weighted by molar-refractivity contribution is 6.30. The van der Waals surface area contributed by atoms with Gasteiger partial charge < -0.3 is 10.4 Å². The van der Waals surface area contributed by atoms with Crippen molar-refractivity contribution in [3.63, 3.8) is 0 Å². The van der Waals surface area contributed by atoms with Crippen LogP contribution < -0.4 is 5.32 Å². The Labute approximate surface area is 126 Å². The Morgan fingerprint density at radius 3 is 2.35 bits per heavy atom. The van der Waals surface area contributed by atoms with Gasteiger partial charge in [-0.1, -0.05) is 51.4 Å². The molecule has 0 aliphatic carbocycles. The minimum absolute atomic E-state index is 0.0450. The second-order valence-electron chi connectivity index (χ2n) is 6.26. The van der Waals surface area contributed by atoms with Gasteiger partial charge in [0.25, 0.3) is 0 Å². The summed E-state index contributed by atoms with van der Waals surface area (Å²) >= 11 is 5.81. The molecule has 0 heterocycles. The van der Waals surface area contributed by atoms with Crippen LogP contribution in [0.15, 0.2) is 24.3 Å². The van der Waals surface area contributed by atoms with Crippen molar-refractivity contribution in [3.05, 3.63) is 34.9 Å². The smallest absolute Gasteiger partial charge is 0.224 e. The molecule has 4 heteroatoms. The fourth-order valence-electron chi connectivity index (χ4n) is 2.18. The SMILES string of the molecule is CC(C)C(O)C(C)(C)CNC(=O)Cc1ccc(Cl)cc1. The molecule has 1 rings (SSSR count). The van der Waals surface area contributed by atoms with Crippen LogP contribution in [0, 0.1) is 11.3 Å². The number of nitrogens with one attached hydrogen (secondary N) is 1. The Morgan fingerprint density at radius 1 is 1.30 bits per heavy atom. The Kier molecular flexibility index (Phi) is 6.03. The molecule has 2 N–H and O–H groups in total. The number of carbonyl (C=O) groups excluding carboxylic acids is 1. The van der Waals surface area contributed by atoms with Gasteiger partial charge in [-0.15, -0.1) is 0 Å². The van der Waals surface area contributed by atoms with E-state index in [1.54, 1.807) is 12.1 Å². The Morgan fingerprint density at radius 2 is 1.85 bits per heavy atom. The summed E-state index contributed by atoms with van der Waals surface area (Å²) < 4.78 is 0. The molecule has 1 amide bonds. The zero-order valence-electron chi connectivity index (χ0n) is 12.6. The number of halogens is 1. The second-order valence-corrected chi connectivity index (χ2v) is 6.69. The van der Waals surface area contributed by atoms with E-state index in [1.807, 2.05) is 39.8 Å². The van der Waals surface area contributed by atoms with Gasteiger partial charge in [0.2, 0.25) is 5.91 Å². The maximum Gasteiger partial charge on any atom is 0.224 e. The van der Waals surface area contributed by atoms with Gasteiger partial charge in [0, 0.05) is 17.0 Å². The molecule has 1 atom stereocenters. The first kappa shape index (κ1) is 17.0. The molecule has 0 spiro atoms. The molecule has 20 heavy (non-hydrogen) atoms. The lowest BCUT2D eigenvalue weighted by Gasteiger charge is -2.33. The molecule has 1 unspecified atom stereocenters. The Bertz CT molecular complexity index is 440. The number of amides is 1. The van der Waals surface area contributed by atoms with Gasteiger partial charge in [-0.25, -0.2) is 0 Å². The number of hydrogen-bond donors (Lipinski definition) is 2. The van der Waals surface area contributed by atoms with Gasteiger partial charge in [-0.3, -0.25) is 4.79 Å². The van der Waals surface area contributed by atoms with Crippen molar-refractivity contribution < 1.29 is 9.90 Å². The van der Waals surface area contributed by atoms with Gasteiger partial charge in [0.05, 0.1) is 12.5 Å². The number of carbonyl (C=O) groups is 1.